The number of aromatic nitrogens is 2. The minimum atomic E-state index is -0.219. The van der Waals surface area contributed by atoms with Crippen LogP contribution in [0.2, 0.25) is 0 Å². The maximum atomic E-state index is 10.9. The molecule has 0 aliphatic rings. The van der Waals surface area contributed by atoms with Gasteiger partial charge in [-0.1, -0.05) is 6.92 Å². The zero-order valence-electron chi connectivity index (χ0n) is 8.22. The van der Waals surface area contributed by atoms with Crippen molar-refractivity contribution in [2.75, 3.05) is 5.75 Å². The Morgan fingerprint density at radius 3 is 3.00 bits per heavy atom. The van der Waals surface area contributed by atoms with Crippen molar-refractivity contribution in [3.63, 3.8) is 0 Å². The number of imidazole rings is 1. The maximum absolute atomic E-state index is 10.9. The molecular formula is C9H15N3OS. The number of nitrogens with zero attached hydrogens (tertiary/aromatic N) is 2. The summed E-state index contributed by atoms with van der Waals surface area (Å²) in [5.41, 5.74) is 5.23. The summed E-state index contributed by atoms with van der Waals surface area (Å²) in [4.78, 5) is 14.8. The Morgan fingerprint density at radius 2 is 2.50 bits per heavy atom. The van der Waals surface area contributed by atoms with Crippen LogP contribution in [0.25, 0.3) is 0 Å². The SMILES string of the molecule is CCC(SCCn1ccnc1)C(N)=O. The van der Waals surface area contributed by atoms with Gasteiger partial charge in [-0.15, -0.1) is 11.8 Å². The molecule has 0 radical (unpaired) electrons. The fourth-order valence-corrected chi connectivity index (χ4v) is 2.12. The normalized spacial score (nSPS) is 12.6. The van der Waals surface area contributed by atoms with Gasteiger partial charge in [0.15, 0.2) is 0 Å². The quantitative estimate of drug-likeness (QED) is 0.763. The number of rotatable bonds is 6. The van der Waals surface area contributed by atoms with Gasteiger partial charge in [-0.2, -0.15) is 0 Å². The van der Waals surface area contributed by atoms with Gasteiger partial charge in [0.2, 0.25) is 5.91 Å². The summed E-state index contributed by atoms with van der Waals surface area (Å²) in [6, 6.07) is 0. The summed E-state index contributed by atoms with van der Waals surface area (Å²) in [7, 11) is 0. The highest BCUT2D eigenvalue weighted by Gasteiger charge is 2.12. The molecule has 0 spiro atoms. The van der Waals surface area contributed by atoms with Gasteiger partial charge in [0, 0.05) is 24.7 Å². The highest BCUT2D eigenvalue weighted by molar-refractivity contribution is 8.00. The van der Waals surface area contributed by atoms with Crippen LogP contribution < -0.4 is 5.73 Å². The summed E-state index contributed by atoms with van der Waals surface area (Å²) in [5.74, 6) is 0.667. The second kappa shape index (κ2) is 5.70. The van der Waals surface area contributed by atoms with E-state index in [4.69, 9.17) is 5.73 Å². The summed E-state index contributed by atoms with van der Waals surface area (Å²) in [6.45, 7) is 2.84. The van der Waals surface area contributed by atoms with E-state index in [9.17, 15) is 4.79 Å². The van der Waals surface area contributed by atoms with E-state index in [1.54, 1.807) is 24.3 Å². The number of carbonyl (C=O) groups is 1. The van der Waals surface area contributed by atoms with Gasteiger partial charge in [0.25, 0.3) is 0 Å². The fraction of sp³-hybridized carbons (Fsp3) is 0.556. The van der Waals surface area contributed by atoms with Crippen LogP contribution in [0.1, 0.15) is 13.3 Å². The topological polar surface area (TPSA) is 60.9 Å². The lowest BCUT2D eigenvalue weighted by atomic mass is 10.3. The van der Waals surface area contributed by atoms with Crippen LogP contribution in [-0.4, -0.2) is 26.5 Å². The number of aryl methyl sites for hydroxylation is 1. The molecule has 0 aromatic carbocycles. The zero-order chi connectivity index (χ0) is 10.4. The first-order valence-electron chi connectivity index (χ1n) is 4.60. The Morgan fingerprint density at radius 1 is 1.71 bits per heavy atom. The largest absolute Gasteiger partial charge is 0.369 e. The van der Waals surface area contributed by atoms with E-state index in [1.807, 2.05) is 17.7 Å². The van der Waals surface area contributed by atoms with E-state index in [0.717, 1.165) is 18.7 Å². The highest BCUT2D eigenvalue weighted by Crippen LogP contribution is 2.14. The van der Waals surface area contributed by atoms with Crippen LogP contribution in [0, 0.1) is 0 Å². The number of carbonyl (C=O) groups excluding carboxylic acids is 1. The first-order chi connectivity index (χ1) is 6.74. The Bertz CT molecular complexity index is 274. The van der Waals surface area contributed by atoms with Crippen molar-refractivity contribution in [3.05, 3.63) is 18.7 Å². The molecule has 0 saturated heterocycles. The molecule has 5 heteroatoms. The number of primary amides is 1. The molecule has 0 fully saturated rings. The third-order valence-electron chi connectivity index (χ3n) is 1.92. The van der Waals surface area contributed by atoms with Crippen molar-refractivity contribution >= 4 is 17.7 Å². The standard InChI is InChI=1S/C9H15N3OS/c1-2-8(9(10)13)14-6-5-12-4-3-11-7-12/h3-4,7-8H,2,5-6H2,1H3,(H2,10,13). The number of hydrogen-bond donors (Lipinski definition) is 1. The van der Waals surface area contributed by atoms with Crippen molar-refractivity contribution in [1.29, 1.82) is 0 Å². The molecule has 0 saturated carbocycles. The second-order valence-electron chi connectivity index (χ2n) is 2.97. The van der Waals surface area contributed by atoms with Gasteiger partial charge < -0.3 is 10.3 Å². The van der Waals surface area contributed by atoms with Crippen molar-refractivity contribution in [3.8, 4) is 0 Å². The second-order valence-corrected chi connectivity index (χ2v) is 4.28. The maximum Gasteiger partial charge on any atom is 0.230 e. The number of nitrogens with two attached hydrogens (primary N) is 1. The number of hydrogen-bond acceptors (Lipinski definition) is 3. The molecule has 1 atom stereocenters. The minimum Gasteiger partial charge on any atom is -0.369 e. The molecule has 1 unspecified atom stereocenters. The Hall–Kier alpha value is -0.970. The molecule has 2 N–H and O–H groups in total. The molecule has 1 aromatic rings. The number of amides is 1. The molecule has 1 amide bonds. The monoisotopic (exact) mass is 213 g/mol. The van der Waals surface area contributed by atoms with Crippen LogP contribution >= 0.6 is 11.8 Å². The molecule has 0 bridgehead atoms. The summed E-state index contributed by atoms with van der Waals surface area (Å²) in [6.07, 6.45) is 6.22. The Labute approximate surface area is 87.9 Å². The average Bonchev–Trinajstić information content (AvgIpc) is 2.64. The zero-order valence-corrected chi connectivity index (χ0v) is 9.04. The lowest BCUT2D eigenvalue weighted by molar-refractivity contribution is -0.117. The molecule has 0 aliphatic heterocycles. The van der Waals surface area contributed by atoms with E-state index in [2.05, 4.69) is 4.98 Å². The molecule has 1 aromatic heterocycles. The third-order valence-corrected chi connectivity index (χ3v) is 3.30. The molecule has 1 heterocycles. The van der Waals surface area contributed by atoms with E-state index in [1.165, 1.54) is 0 Å². The van der Waals surface area contributed by atoms with E-state index < -0.39 is 0 Å². The molecule has 0 aliphatic carbocycles. The smallest absolute Gasteiger partial charge is 0.230 e. The van der Waals surface area contributed by atoms with Crippen molar-refractivity contribution in [2.24, 2.45) is 5.73 Å². The van der Waals surface area contributed by atoms with Gasteiger partial charge >= 0.3 is 0 Å². The molecule has 78 valence electrons. The van der Waals surface area contributed by atoms with Gasteiger partial charge in [-0.25, -0.2) is 4.98 Å². The van der Waals surface area contributed by atoms with Gasteiger partial charge in [0.05, 0.1) is 11.6 Å². The fourth-order valence-electron chi connectivity index (χ4n) is 1.12. The van der Waals surface area contributed by atoms with E-state index in [-0.39, 0.29) is 11.2 Å². The summed E-state index contributed by atoms with van der Waals surface area (Å²) >= 11 is 1.60. The summed E-state index contributed by atoms with van der Waals surface area (Å²) in [5, 5.41) is -0.0569. The van der Waals surface area contributed by atoms with Crippen molar-refractivity contribution < 1.29 is 4.79 Å². The minimum absolute atomic E-state index is 0.0569. The van der Waals surface area contributed by atoms with Gasteiger partial charge in [-0.05, 0) is 6.42 Å². The van der Waals surface area contributed by atoms with Crippen molar-refractivity contribution in [2.45, 2.75) is 25.1 Å². The first-order valence-corrected chi connectivity index (χ1v) is 5.65. The third kappa shape index (κ3) is 3.41. The molecule has 1 rings (SSSR count). The summed E-state index contributed by atoms with van der Waals surface area (Å²) < 4.78 is 1.99. The lowest BCUT2D eigenvalue weighted by Crippen LogP contribution is -2.25. The van der Waals surface area contributed by atoms with E-state index in [0.29, 0.717) is 0 Å². The van der Waals surface area contributed by atoms with Crippen LogP contribution in [-0.2, 0) is 11.3 Å². The van der Waals surface area contributed by atoms with Crippen LogP contribution in [0.15, 0.2) is 18.7 Å². The predicted molar refractivity (Wildman–Crippen MR) is 58.0 cm³/mol. The highest BCUT2D eigenvalue weighted by atomic mass is 32.2. The van der Waals surface area contributed by atoms with Gasteiger partial charge in [-0.3, -0.25) is 4.79 Å². The number of thioether (sulfide) groups is 1. The average molecular weight is 213 g/mol. The Balaban J connectivity index is 2.23. The first kappa shape index (κ1) is 11.1. The predicted octanol–water partition coefficient (Wildman–Crippen LogP) is 0.880. The molecule has 14 heavy (non-hydrogen) atoms. The molecule has 4 nitrogen and oxygen atoms in total. The lowest BCUT2D eigenvalue weighted by Gasteiger charge is -2.09. The van der Waals surface area contributed by atoms with Crippen LogP contribution in [0.3, 0.4) is 0 Å². The van der Waals surface area contributed by atoms with Crippen LogP contribution in [0.4, 0.5) is 0 Å². The Kier molecular flexibility index (Phi) is 4.52. The van der Waals surface area contributed by atoms with Gasteiger partial charge in [0.1, 0.15) is 0 Å². The van der Waals surface area contributed by atoms with Crippen molar-refractivity contribution in [1.82, 2.24) is 9.55 Å². The van der Waals surface area contributed by atoms with E-state index >= 15 is 0 Å². The molecular weight excluding hydrogens is 198 g/mol. The van der Waals surface area contributed by atoms with Crippen LogP contribution in [0.5, 0.6) is 0 Å².